The van der Waals surface area contributed by atoms with E-state index in [1.54, 1.807) is 6.07 Å². The fraction of sp³-hybridized carbons (Fsp3) is 0. The van der Waals surface area contributed by atoms with E-state index in [4.69, 9.17) is 5.11 Å². The number of phenolic OH excluding ortho intramolecular Hbond substituents is 3. The van der Waals surface area contributed by atoms with E-state index in [0.29, 0.717) is 5.56 Å². The fourth-order valence-electron chi connectivity index (χ4n) is 1.62. The Morgan fingerprint density at radius 2 is 1.67 bits per heavy atom. The molecular weight excluding hydrogens is 236 g/mol. The molecule has 2 aromatic carbocycles. The molecule has 0 fully saturated rings. The molecule has 0 amide bonds. The number of carboxylic acid groups (broad SMARTS) is 1. The van der Waals surface area contributed by atoms with Crippen LogP contribution < -0.4 is 0 Å². The van der Waals surface area contributed by atoms with Crippen LogP contribution in [0, 0.1) is 0 Å². The second-order valence-electron chi connectivity index (χ2n) is 3.72. The summed E-state index contributed by atoms with van der Waals surface area (Å²) in [6.07, 6.45) is 0. The lowest BCUT2D eigenvalue weighted by molar-refractivity contribution is 0.0697. The van der Waals surface area contributed by atoms with Crippen LogP contribution in [0.4, 0.5) is 0 Å². The first-order valence-electron chi connectivity index (χ1n) is 5.08. The molecule has 18 heavy (non-hydrogen) atoms. The zero-order valence-corrected chi connectivity index (χ0v) is 9.16. The molecule has 0 saturated heterocycles. The molecule has 4 N–H and O–H groups in total. The van der Waals surface area contributed by atoms with Crippen LogP contribution in [0.15, 0.2) is 36.4 Å². The highest BCUT2D eigenvalue weighted by Gasteiger charge is 2.13. The van der Waals surface area contributed by atoms with Crippen molar-refractivity contribution in [1.82, 2.24) is 0 Å². The van der Waals surface area contributed by atoms with Crippen LogP contribution in [0.3, 0.4) is 0 Å². The first-order chi connectivity index (χ1) is 8.50. The van der Waals surface area contributed by atoms with Crippen molar-refractivity contribution in [3.63, 3.8) is 0 Å². The van der Waals surface area contributed by atoms with E-state index >= 15 is 0 Å². The maximum atomic E-state index is 10.8. The molecule has 0 saturated carbocycles. The van der Waals surface area contributed by atoms with Crippen molar-refractivity contribution in [3.05, 3.63) is 42.0 Å². The Balaban J connectivity index is 2.59. The first-order valence-corrected chi connectivity index (χ1v) is 5.08. The molecule has 2 rings (SSSR count). The molecule has 5 heteroatoms. The molecule has 5 nitrogen and oxygen atoms in total. The molecule has 0 atom stereocenters. The van der Waals surface area contributed by atoms with Crippen LogP contribution >= 0.6 is 0 Å². The van der Waals surface area contributed by atoms with Gasteiger partial charge in [0, 0.05) is 5.56 Å². The Bertz CT molecular complexity index is 619. The number of aromatic carboxylic acids is 1. The second-order valence-corrected chi connectivity index (χ2v) is 3.72. The van der Waals surface area contributed by atoms with Crippen molar-refractivity contribution in [1.29, 1.82) is 0 Å². The average Bonchev–Trinajstić information content (AvgIpc) is 2.36. The molecule has 0 bridgehead atoms. The summed E-state index contributed by atoms with van der Waals surface area (Å²) in [5.41, 5.74) is 0.746. The highest BCUT2D eigenvalue weighted by molar-refractivity contribution is 5.90. The first kappa shape index (κ1) is 11.8. The van der Waals surface area contributed by atoms with E-state index < -0.39 is 23.2 Å². The molecule has 0 aromatic heterocycles. The lowest BCUT2D eigenvalue weighted by Gasteiger charge is -2.08. The Kier molecular flexibility index (Phi) is 2.81. The van der Waals surface area contributed by atoms with Gasteiger partial charge in [0.1, 0.15) is 0 Å². The topological polar surface area (TPSA) is 98.0 Å². The molecule has 0 radical (unpaired) electrons. The standard InChI is InChI=1S/C13H10O5/c14-10-5-4-9(11(15)12(10)16)7-2-1-3-8(6-7)13(17)18/h1-6,14-16H,(H,17,18). The largest absolute Gasteiger partial charge is 0.504 e. The minimum atomic E-state index is -1.08. The van der Waals surface area contributed by atoms with E-state index in [2.05, 4.69) is 0 Å². The normalized spacial score (nSPS) is 10.2. The molecule has 0 unspecified atom stereocenters. The van der Waals surface area contributed by atoms with Gasteiger partial charge in [0.05, 0.1) is 5.56 Å². The SMILES string of the molecule is O=C(O)c1cccc(-c2ccc(O)c(O)c2O)c1. The number of hydrogen-bond acceptors (Lipinski definition) is 4. The zero-order valence-electron chi connectivity index (χ0n) is 9.16. The number of hydrogen-bond donors (Lipinski definition) is 4. The van der Waals surface area contributed by atoms with Crippen LogP contribution in [-0.2, 0) is 0 Å². The third kappa shape index (κ3) is 1.93. The van der Waals surface area contributed by atoms with Crippen LogP contribution in [0.2, 0.25) is 0 Å². The Morgan fingerprint density at radius 3 is 2.33 bits per heavy atom. The molecule has 2 aromatic rings. The van der Waals surface area contributed by atoms with Gasteiger partial charge in [0.15, 0.2) is 11.5 Å². The number of phenols is 3. The molecular formula is C13H10O5. The van der Waals surface area contributed by atoms with Gasteiger partial charge in [0.25, 0.3) is 0 Å². The van der Waals surface area contributed by atoms with Gasteiger partial charge in [-0.1, -0.05) is 12.1 Å². The summed E-state index contributed by atoms with van der Waals surface area (Å²) >= 11 is 0. The van der Waals surface area contributed by atoms with Crippen LogP contribution in [0.1, 0.15) is 10.4 Å². The molecule has 92 valence electrons. The highest BCUT2D eigenvalue weighted by atomic mass is 16.4. The summed E-state index contributed by atoms with van der Waals surface area (Å²) in [6, 6.07) is 8.53. The van der Waals surface area contributed by atoms with Crippen LogP contribution in [-0.4, -0.2) is 26.4 Å². The van der Waals surface area contributed by atoms with Gasteiger partial charge in [-0.3, -0.25) is 0 Å². The molecule has 0 aliphatic carbocycles. The van der Waals surface area contributed by atoms with Crippen LogP contribution in [0.25, 0.3) is 11.1 Å². The quantitative estimate of drug-likeness (QED) is 0.609. The smallest absolute Gasteiger partial charge is 0.335 e. The number of carboxylic acids is 1. The Hall–Kier alpha value is -2.69. The zero-order chi connectivity index (χ0) is 13.3. The molecule has 0 aliphatic rings. The molecule has 0 aliphatic heterocycles. The number of carbonyl (C=O) groups is 1. The van der Waals surface area contributed by atoms with Crippen LogP contribution in [0.5, 0.6) is 17.2 Å². The van der Waals surface area contributed by atoms with Gasteiger partial charge in [-0.25, -0.2) is 4.79 Å². The van der Waals surface area contributed by atoms with Crippen molar-refractivity contribution in [3.8, 4) is 28.4 Å². The fourth-order valence-corrected chi connectivity index (χ4v) is 1.62. The van der Waals surface area contributed by atoms with E-state index in [1.165, 1.54) is 30.3 Å². The summed E-state index contributed by atoms with van der Waals surface area (Å²) in [5.74, 6) is -2.64. The lowest BCUT2D eigenvalue weighted by Crippen LogP contribution is -1.95. The van der Waals surface area contributed by atoms with Crippen molar-refractivity contribution >= 4 is 5.97 Å². The summed E-state index contributed by atoms with van der Waals surface area (Å²) in [5, 5.41) is 37.2. The van der Waals surface area contributed by atoms with Gasteiger partial charge >= 0.3 is 5.97 Å². The Labute approximate surface area is 102 Å². The Morgan fingerprint density at radius 1 is 0.944 bits per heavy atom. The summed E-state index contributed by atoms with van der Waals surface area (Å²) < 4.78 is 0. The summed E-state index contributed by atoms with van der Waals surface area (Å²) in [6.45, 7) is 0. The minimum Gasteiger partial charge on any atom is -0.504 e. The van der Waals surface area contributed by atoms with Gasteiger partial charge in [-0.15, -0.1) is 0 Å². The second kappa shape index (κ2) is 4.29. The maximum absolute atomic E-state index is 10.8. The van der Waals surface area contributed by atoms with E-state index in [9.17, 15) is 20.1 Å². The summed E-state index contributed by atoms with van der Waals surface area (Å²) in [4.78, 5) is 10.8. The van der Waals surface area contributed by atoms with Gasteiger partial charge in [-0.05, 0) is 29.8 Å². The van der Waals surface area contributed by atoms with E-state index in [-0.39, 0.29) is 11.1 Å². The number of aromatic hydroxyl groups is 3. The van der Waals surface area contributed by atoms with Crippen molar-refractivity contribution in [2.24, 2.45) is 0 Å². The summed E-state index contributed by atoms with van der Waals surface area (Å²) in [7, 11) is 0. The monoisotopic (exact) mass is 246 g/mol. The third-order valence-electron chi connectivity index (χ3n) is 2.55. The van der Waals surface area contributed by atoms with Gasteiger partial charge in [0.2, 0.25) is 5.75 Å². The lowest BCUT2D eigenvalue weighted by atomic mass is 10.0. The average molecular weight is 246 g/mol. The van der Waals surface area contributed by atoms with Gasteiger partial charge < -0.3 is 20.4 Å². The third-order valence-corrected chi connectivity index (χ3v) is 2.55. The van der Waals surface area contributed by atoms with Gasteiger partial charge in [-0.2, -0.15) is 0 Å². The minimum absolute atomic E-state index is 0.0689. The number of rotatable bonds is 2. The van der Waals surface area contributed by atoms with E-state index in [1.807, 2.05) is 0 Å². The maximum Gasteiger partial charge on any atom is 0.335 e. The molecule has 0 heterocycles. The van der Waals surface area contributed by atoms with Crippen molar-refractivity contribution in [2.45, 2.75) is 0 Å². The van der Waals surface area contributed by atoms with Crippen molar-refractivity contribution < 1.29 is 25.2 Å². The highest BCUT2D eigenvalue weighted by Crippen LogP contribution is 2.42. The predicted octanol–water partition coefficient (Wildman–Crippen LogP) is 2.17. The predicted molar refractivity (Wildman–Crippen MR) is 63.8 cm³/mol. The molecule has 0 spiro atoms. The number of benzene rings is 2. The van der Waals surface area contributed by atoms with Crippen molar-refractivity contribution in [2.75, 3.05) is 0 Å². The van der Waals surface area contributed by atoms with E-state index in [0.717, 1.165) is 0 Å².